The average molecular weight is 230 g/mol. The number of nitrogens with one attached hydrogen (secondary N) is 1. The Labute approximate surface area is 96.8 Å². The molecule has 1 rings (SSSR count). The van der Waals surface area contributed by atoms with Crippen LogP contribution in [0.25, 0.3) is 0 Å². The lowest BCUT2D eigenvalue weighted by atomic mass is 10.2. The first kappa shape index (κ1) is 12.5. The summed E-state index contributed by atoms with van der Waals surface area (Å²) < 4.78 is 1.97. The zero-order valence-electron chi connectivity index (χ0n) is 9.76. The maximum atomic E-state index is 6.06. The molecule has 1 N–H and O–H groups in total. The van der Waals surface area contributed by atoms with Crippen molar-refractivity contribution in [3.63, 3.8) is 0 Å². The Bertz CT molecular complexity index is 294. The molecule has 15 heavy (non-hydrogen) atoms. The van der Waals surface area contributed by atoms with E-state index in [2.05, 4.69) is 31.2 Å². The van der Waals surface area contributed by atoms with E-state index in [1.54, 1.807) is 6.20 Å². The smallest absolute Gasteiger partial charge is 0.0817 e. The topological polar surface area (TPSA) is 29.9 Å². The summed E-state index contributed by atoms with van der Waals surface area (Å²) in [6.07, 6.45) is 3.83. The molecule has 0 aromatic carbocycles. The van der Waals surface area contributed by atoms with E-state index in [0.717, 1.165) is 36.6 Å². The van der Waals surface area contributed by atoms with Crippen LogP contribution < -0.4 is 5.32 Å². The molecule has 0 fully saturated rings. The van der Waals surface area contributed by atoms with Gasteiger partial charge in [-0.3, -0.25) is 4.68 Å². The summed E-state index contributed by atoms with van der Waals surface area (Å²) in [4.78, 5) is 0. The lowest BCUT2D eigenvalue weighted by Gasteiger charge is -2.08. The van der Waals surface area contributed by atoms with Gasteiger partial charge in [-0.15, -0.1) is 0 Å². The third-order valence-corrected chi connectivity index (χ3v) is 2.66. The first-order valence-corrected chi connectivity index (χ1v) is 5.96. The molecule has 0 bridgehead atoms. The van der Waals surface area contributed by atoms with E-state index in [1.165, 1.54) is 0 Å². The van der Waals surface area contributed by atoms with E-state index in [9.17, 15) is 0 Å². The first-order valence-electron chi connectivity index (χ1n) is 5.58. The molecule has 1 aromatic rings. The highest BCUT2D eigenvalue weighted by Gasteiger charge is 2.07. The van der Waals surface area contributed by atoms with Gasteiger partial charge in [0.05, 0.1) is 16.9 Å². The lowest BCUT2D eigenvalue weighted by Crippen LogP contribution is -2.24. The van der Waals surface area contributed by atoms with Crippen molar-refractivity contribution < 1.29 is 0 Å². The van der Waals surface area contributed by atoms with Gasteiger partial charge in [-0.1, -0.05) is 25.4 Å². The Morgan fingerprint density at radius 1 is 1.53 bits per heavy atom. The van der Waals surface area contributed by atoms with Gasteiger partial charge < -0.3 is 5.32 Å². The van der Waals surface area contributed by atoms with Gasteiger partial charge in [0.25, 0.3) is 0 Å². The van der Waals surface area contributed by atoms with Crippen LogP contribution >= 0.6 is 11.6 Å². The lowest BCUT2D eigenvalue weighted by molar-refractivity contribution is 0.553. The van der Waals surface area contributed by atoms with Crippen LogP contribution in [0.5, 0.6) is 0 Å². The minimum atomic E-state index is 0.552. The second kappa shape index (κ2) is 6.13. The maximum absolute atomic E-state index is 6.06. The van der Waals surface area contributed by atoms with Crippen LogP contribution in [0.15, 0.2) is 6.20 Å². The minimum absolute atomic E-state index is 0.552. The van der Waals surface area contributed by atoms with Crippen LogP contribution in [-0.4, -0.2) is 22.4 Å². The highest BCUT2D eigenvalue weighted by molar-refractivity contribution is 6.31. The molecule has 1 heterocycles. The molecule has 4 heteroatoms. The van der Waals surface area contributed by atoms with Crippen molar-refractivity contribution in [3.8, 4) is 0 Å². The fraction of sp³-hybridized carbons (Fsp3) is 0.727. The predicted octanol–water partition coefficient (Wildman–Crippen LogP) is 2.49. The number of aryl methyl sites for hydroxylation is 1. The highest BCUT2D eigenvalue weighted by Crippen LogP contribution is 2.16. The first-order chi connectivity index (χ1) is 7.15. The van der Waals surface area contributed by atoms with Gasteiger partial charge in [-0.25, -0.2) is 0 Å². The summed E-state index contributed by atoms with van der Waals surface area (Å²) in [6.45, 7) is 8.31. The molecule has 0 aliphatic heterocycles. The number of hydrogen-bond donors (Lipinski definition) is 1. The van der Waals surface area contributed by atoms with Crippen LogP contribution in [0.2, 0.25) is 5.02 Å². The van der Waals surface area contributed by atoms with Gasteiger partial charge in [0.15, 0.2) is 0 Å². The Morgan fingerprint density at radius 3 is 2.87 bits per heavy atom. The fourth-order valence-electron chi connectivity index (χ4n) is 1.56. The monoisotopic (exact) mass is 229 g/mol. The molecule has 0 aliphatic carbocycles. The summed E-state index contributed by atoms with van der Waals surface area (Å²) >= 11 is 6.06. The van der Waals surface area contributed by atoms with E-state index in [0.29, 0.717) is 6.04 Å². The SMILES string of the molecule is CCn1ncc(Cl)c1CCCNC(C)C. The standard InChI is InChI=1S/C11H20ClN3/c1-4-15-11(10(12)8-14-15)6-5-7-13-9(2)3/h8-9,13H,4-7H2,1-3H3. The van der Waals surface area contributed by atoms with Gasteiger partial charge in [0.2, 0.25) is 0 Å². The van der Waals surface area contributed by atoms with Gasteiger partial charge in [-0.05, 0) is 26.3 Å². The normalized spacial score (nSPS) is 11.3. The number of nitrogens with zero attached hydrogens (tertiary/aromatic N) is 2. The van der Waals surface area contributed by atoms with Gasteiger partial charge in [-0.2, -0.15) is 5.10 Å². The van der Waals surface area contributed by atoms with Crippen molar-refractivity contribution in [2.75, 3.05) is 6.54 Å². The summed E-state index contributed by atoms with van der Waals surface area (Å²) in [5, 5.41) is 8.40. The molecule has 0 atom stereocenters. The average Bonchev–Trinajstić information content (AvgIpc) is 2.54. The van der Waals surface area contributed by atoms with Crippen molar-refractivity contribution in [2.24, 2.45) is 0 Å². The van der Waals surface area contributed by atoms with Gasteiger partial charge in [0, 0.05) is 12.6 Å². The van der Waals surface area contributed by atoms with Gasteiger partial charge >= 0.3 is 0 Å². The molecule has 0 radical (unpaired) electrons. The molecule has 0 amide bonds. The van der Waals surface area contributed by atoms with Gasteiger partial charge in [0.1, 0.15) is 0 Å². The number of rotatable bonds is 6. The largest absolute Gasteiger partial charge is 0.315 e. The predicted molar refractivity (Wildman–Crippen MR) is 64.4 cm³/mol. The molecule has 0 saturated heterocycles. The summed E-state index contributed by atoms with van der Waals surface area (Å²) in [5.74, 6) is 0. The Hall–Kier alpha value is -0.540. The molecule has 1 aromatic heterocycles. The third-order valence-electron chi connectivity index (χ3n) is 2.34. The summed E-state index contributed by atoms with van der Waals surface area (Å²) in [5.41, 5.74) is 1.16. The molecular weight excluding hydrogens is 210 g/mol. The number of hydrogen-bond acceptors (Lipinski definition) is 2. The third kappa shape index (κ3) is 3.84. The van der Waals surface area contributed by atoms with E-state index in [4.69, 9.17) is 11.6 Å². The molecule has 0 saturated carbocycles. The van der Waals surface area contributed by atoms with E-state index in [-0.39, 0.29) is 0 Å². The molecule has 0 unspecified atom stereocenters. The van der Waals surface area contributed by atoms with E-state index >= 15 is 0 Å². The van der Waals surface area contributed by atoms with Crippen molar-refractivity contribution in [3.05, 3.63) is 16.9 Å². The van der Waals surface area contributed by atoms with Crippen molar-refractivity contribution in [1.29, 1.82) is 0 Å². The van der Waals surface area contributed by atoms with Crippen LogP contribution in [0.4, 0.5) is 0 Å². The van der Waals surface area contributed by atoms with Crippen molar-refractivity contribution >= 4 is 11.6 Å². The second-order valence-electron chi connectivity index (χ2n) is 3.97. The zero-order chi connectivity index (χ0) is 11.3. The highest BCUT2D eigenvalue weighted by atomic mass is 35.5. The molecular formula is C11H20ClN3. The van der Waals surface area contributed by atoms with Crippen LogP contribution in [0.1, 0.15) is 32.9 Å². The quantitative estimate of drug-likeness (QED) is 0.760. The molecule has 0 aliphatic rings. The molecule has 3 nitrogen and oxygen atoms in total. The maximum Gasteiger partial charge on any atom is 0.0817 e. The minimum Gasteiger partial charge on any atom is -0.315 e. The number of halogens is 1. The Balaban J connectivity index is 2.39. The zero-order valence-corrected chi connectivity index (χ0v) is 10.5. The Morgan fingerprint density at radius 2 is 2.27 bits per heavy atom. The van der Waals surface area contributed by atoms with E-state index in [1.807, 2.05) is 4.68 Å². The summed E-state index contributed by atoms with van der Waals surface area (Å²) in [6, 6.07) is 0.552. The van der Waals surface area contributed by atoms with Crippen LogP contribution in [0.3, 0.4) is 0 Å². The van der Waals surface area contributed by atoms with Crippen LogP contribution in [0, 0.1) is 0 Å². The number of aromatic nitrogens is 2. The summed E-state index contributed by atoms with van der Waals surface area (Å²) in [7, 11) is 0. The van der Waals surface area contributed by atoms with Crippen LogP contribution in [-0.2, 0) is 13.0 Å². The van der Waals surface area contributed by atoms with Crippen molar-refractivity contribution in [2.45, 2.75) is 46.2 Å². The van der Waals surface area contributed by atoms with E-state index < -0.39 is 0 Å². The second-order valence-corrected chi connectivity index (χ2v) is 4.37. The fourth-order valence-corrected chi connectivity index (χ4v) is 1.79. The molecule has 0 spiro atoms. The van der Waals surface area contributed by atoms with Crippen molar-refractivity contribution in [1.82, 2.24) is 15.1 Å². The Kier molecular flexibility index (Phi) is 5.12. The molecule has 86 valence electrons.